The van der Waals surface area contributed by atoms with Gasteiger partial charge in [0.1, 0.15) is 5.82 Å². The molecule has 0 amide bonds. The highest BCUT2D eigenvalue weighted by molar-refractivity contribution is 5.45. The molecule has 0 radical (unpaired) electrons. The maximum Gasteiger partial charge on any atom is 0.123 e. The van der Waals surface area contributed by atoms with E-state index in [2.05, 4.69) is 29.2 Å². The average Bonchev–Trinajstić information content (AvgIpc) is 2.33. The third-order valence-electron chi connectivity index (χ3n) is 3.70. The van der Waals surface area contributed by atoms with Gasteiger partial charge in [-0.2, -0.15) is 0 Å². The quantitative estimate of drug-likeness (QED) is 0.837. The predicted molar refractivity (Wildman–Crippen MR) is 72.0 cm³/mol. The Morgan fingerprint density at radius 1 is 1.41 bits per heavy atom. The number of nitrogens with one attached hydrogen (secondary N) is 1. The van der Waals surface area contributed by atoms with E-state index in [1.54, 1.807) is 6.20 Å². The van der Waals surface area contributed by atoms with Crippen molar-refractivity contribution < 1.29 is 0 Å². The van der Waals surface area contributed by atoms with Crippen LogP contribution in [-0.4, -0.2) is 36.6 Å². The van der Waals surface area contributed by atoms with E-state index in [9.17, 15) is 0 Å². The van der Waals surface area contributed by atoms with Gasteiger partial charge in [0.05, 0.1) is 11.9 Å². The molecule has 1 aliphatic rings. The van der Waals surface area contributed by atoms with Crippen LogP contribution in [0, 0.1) is 5.41 Å². The monoisotopic (exact) mass is 234 g/mol. The molecule has 2 rings (SSSR count). The number of anilines is 2. The molecule has 1 aromatic rings. The van der Waals surface area contributed by atoms with Crippen molar-refractivity contribution in [2.45, 2.75) is 19.8 Å². The fourth-order valence-electron chi connectivity index (χ4n) is 2.16. The van der Waals surface area contributed by atoms with E-state index in [-0.39, 0.29) is 0 Å². The van der Waals surface area contributed by atoms with Crippen LogP contribution in [0.25, 0.3) is 0 Å². The van der Waals surface area contributed by atoms with Crippen LogP contribution >= 0.6 is 0 Å². The molecule has 3 N–H and O–H groups in total. The van der Waals surface area contributed by atoms with Gasteiger partial charge >= 0.3 is 0 Å². The largest absolute Gasteiger partial charge is 0.384 e. The lowest BCUT2D eigenvalue weighted by molar-refractivity contribution is 0.150. The topological polar surface area (TPSA) is 54.2 Å². The van der Waals surface area contributed by atoms with Crippen LogP contribution in [0.1, 0.15) is 19.8 Å². The number of nitrogen functional groups attached to an aromatic ring is 1. The number of hydrogen-bond acceptors (Lipinski definition) is 4. The molecule has 1 aliphatic heterocycles. The first kappa shape index (κ1) is 12.2. The van der Waals surface area contributed by atoms with Gasteiger partial charge in [-0.15, -0.1) is 0 Å². The van der Waals surface area contributed by atoms with Gasteiger partial charge in [-0.1, -0.05) is 6.92 Å². The van der Waals surface area contributed by atoms with Gasteiger partial charge in [-0.05, 0) is 50.5 Å². The minimum absolute atomic E-state index is 0.397. The second-order valence-electron chi connectivity index (χ2n) is 5.44. The summed E-state index contributed by atoms with van der Waals surface area (Å²) in [6.45, 7) is 5.75. The zero-order chi connectivity index (χ0) is 12.3. The van der Waals surface area contributed by atoms with Gasteiger partial charge in [-0.3, -0.25) is 0 Å². The highest BCUT2D eigenvalue weighted by atomic mass is 15.1. The number of hydrogen-bond donors (Lipinski definition) is 2. The Morgan fingerprint density at radius 2 is 2.12 bits per heavy atom. The van der Waals surface area contributed by atoms with E-state index in [0.717, 1.165) is 12.2 Å². The Kier molecular flexibility index (Phi) is 3.52. The summed E-state index contributed by atoms with van der Waals surface area (Å²) in [7, 11) is 2.19. The van der Waals surface area contributed by atoms with Crippen LogP contribution in [0.15, 0.2) is 18.3 Å². The minimum atomic E-state index is 0.397. The van der Waals surface area contributed by atoms with Crippen LogP contribution < -0.4 is 11.1 Å². The van der Waals surface area contributed by atoms with Crippen LogP contribution in [0.3, 0.4) is 0 Å². The molecule has 17 heavy (non-hydrogen) atoms. The summed E-state index contributed by atoms with van der Waals surface area (Å²) < 4.78 is 0. The van der Waals surface area contributed by atoms with E-state index >= 15 is 0 Å². The molecule has 4 nitrogen and oxygen atoms in total. The average molecular weight is 234 g/mol. The summed E-state index contributed by atoms with van der Waals surface area (Å²) in [6, 6.07) is 3.82. The molecule has 0 bridgehead atoms. The summed E-state index contributed by atoms with van der Waals surface area (Å²) in [5.41, 5.74) is 7.01. The summed E-state index contributed by atoms with van der Waals surface area (Å²) in [5.74, 6) is 0.570. The Balaban J connectivity index is 1.87. The summed E-state index contributed by atoms with van der Waals surface area (Å²) in [4.78, 5) is 6.48. The fourth-order valence-corrected chi connectivity index (χ4v) is 2.16. The Hall–Kier alpha value is -1.29. The summed E-state index contributed by atoms with van der Waals surface area (Å²) in [6.07, 6.45) is 4.30. The third kappa shape index (κ3) is 3.33. The molecular formula is C13H22N4. The number of likely N-dealkylation sites (tertiary alicyclic amines) is 1. The van der Waals surface area contributed by atoms with E-state index in [0.29, 0.717) is 11.2 Å². The molecule has 4 heteroatoms. The van der Waals surface area contributed by atoms with Gasteiger partial charge in [0, 0.05) is 6.54 Å². The maximum atomic E-state index is 5.56. The van der Waals surface area contributed by atoms with Crippen LogP contribution in [0.5, 0.6) is 0 Å². The Morgan fingerprint density at radius 3 is 2.71 bits per heavy atom. The first-order valence-corrected chi connectivity index (χ1v) is 6.21. The molecule has 1 aromatic heterocycles. The third-order valence-corrected chi connectivity index (χ3v) is 3.70. The Labute approximate surface area is 103 Å². The lowest BCUT2D eigenvalue weighted by atomic mass is 9.80. The minimum Gasteiger partial charge on any atom is -0.384 e. The van der Waals surface area contributed by atoms with Crippen molar-refractivity contribution in [3.63, 3.8) is 0 Å². The molecule has 0 aliphatic carbocycles. The number of piperidine rings is 1. The first-order valence-electron chi connectivity index (χ1n) is 6.21. The molecule has 2 heterocycles. The molecule has 0 unspecified atom stereocenters. The molecular weight excluding hydrogens is 212 g/mol. The number of pyridine rings is 1. The van der Waals surface area contributed by atoms with Crippen molar-refractivity contribution in [2.24, 2.45) is 5.41 Å². The van der Waals surface area contributed by atoms with Crippen LogP contribution in [0.2, 0.25) is 0 Å². The van der Waals surface area contributed by atoms with Crippen molar-refractivity contribution in [3.8, 4) is 0 Å². The first-order chi connectivity index (χ1) is 8.07. The van der Waals surface area contributed by atoms with Crippen molar-refractivity contribution >= 4 is 11.5 Å². The number of rotatable bonds is 3. The van der Waals surface area contributed by atoms with Gasteiger partial charge in [0.15, 0.2) is 0 Å². The van der Waals surface area contributed by atoms with Gasteiger partial charge in [0.25, 0.3) is 0 Å². The van der Waals surface area contributed by atoms with Crippen molar-refractivity contribution in [1.82, 2.24) is 9.88 Å². The van der Waals surface area contributed by atoms with E-state index in [1.165, 1.54) is 25.9 Å². The number of aromatic nitrogens is 1. The molecule has 0 spiro atoms. The SMILES string of the molecule is CN1CCC(C)(CNc2ccc(N)nc2)CC1. The van der Waals surface area contributed by atoms with Crippen molar-refractivity contribution in [3.05, 3.63) is 18.3 Å². The lowest BCUT2D eigenvalue weighted by Gasteiger charge is -2.38. The fraction of sp³-hybridized carbons (Fsp3) is 0.615. The highest BCUT2D eigenvalue weighted by Gasteiger charge is 2.28. The van der Waals surface area contributed by atoms with Crippen LogP contribution in [0.4, 0.5) is 11.5 Å². The van der Waals surface area contributed by atoms with Gasteiger partial charge < -0.3 is 16.0 Å². The van der Waals surface area contributed by atoms with E-state index < -0.39 is 0 Å². The van der Waals surface area contributed by atoms with Gasteiger partial charge in [0.2, 0.25) is 0 Å². The second-order valence-corrected chi connectivity index (χ2v) is 5.44. The molecule has 1 saturated heterocycles. The zero-order valence-electron chi connectivity index (χ0n) is 10.7. The number of nitrogens with two attached hydrogens (primary N) is 1. The molecule has 0 saturated carbocycles. The molecule has 0 aromatic carbocycles. The van der Waals surface area contributed by atoms with E-state index in [1.807, 2.05) is 12.1 Å². The van der Waals surface area contributed by atoms with Crippen molar-refractivity contribution in [1.29, 1.82) is 0 Å². The second kappa shape index (κ2) is 4.92. The van der Waals surface area contributed by atoms with Crippen LogP contribution in [-0.2, 0) is 0 Å². The molecule has 94 valence electrons. The number of nitrogens with zero attached hydrogens (tertiary/aromatic N) is 2. The normalized spacial score (nSPS) is 20.1. The van der Waals surface area contributed by atoms with Crippen molar-refractivity contribution in [2.75, 3.05) is 37.7 Å². The van der Waals surface area contributed by atoms with Gasteiger partial charge in [-0.25, -0.2) is 4.98 Å². The summed E-state index contributed by atoms with van der Waals surface area (Å²) >= 11 is 0. The van der Waals surface area contributed by atoms with E-state index in [4.69, 9.17) is 5.73 Å². The smallest absolute Gasteiger partial charge is 0.123 e. The molecule has 0 atom stereocenters. The highest BCUT2D eigenvalue weighted by Crippen LogP contribution is 2.30. The maximum absolute atomic E-state index is 5.56. The standard InChI is InChI=1S/C13H22N4/c1-13(5-7-17(2)8-6-13)10-16-11-3-4-12(14)15-9-11/h3-4,9,16H,5-8,10H2,1-2H3,(H2,14,15). The Bertz CT molecular complexity index is 352. The predicted octanol–water partition coefficient (Wildman–Crippen LogP) is 1.81. The summed E-state index contributed by atoms with van der Waals surface area (Å²) in [5, 5.41) is 3.46. The lowest BCUT2D eigenvalue weighted by Crippen LogP contribution is -2.40. The zero-order valence-corrected chi connectivity index (χ0v) is 10.7. The molecule has 1 fully saturated rings.